The van der Waals surface area contributed by atoms with Crippen molar-refractivity contribution in [3.05, 3.63) is 30.5 Å². The van der Waals surface area contributed by atoms with Gasteiger partial charge in [0.1, 0.15) is 11.9 Å². The number of carbonyl (C=O) groups excluding carboxylic acids is 1. The van der Waals surface area contributed by atoms with Gasteiger partial charge in [0.2, 0.25) is 0 Å². The molecule has 2 aliphatic rings. The van der Waals surface area contributed by atoms with Gasteiger partial charge in [-0.3, -0.25) is 9.78 Å². The van der Waals surface area contributed by atoms with E-state index in [-0.39, 0.29) is 17.2 Å². The predicted molar refractivity (Wildman–Crippen MR) is 70.8 cm³/mol. The number of carbonyl (C=O) groups is 1. The number of likely N-dealkylation sites (tertiary alicyclic amines) is 1. The second-order valence-electron chi connectivity index (χ2n) is 6.29. The van der Waals surface area contributed by atoms with Crippen LogP contribution in [0.1, 0.15) is 24.3 Å². The van der Waals surface area contributed by atoms with Crippen molar-refractivity contribution in [2.45, 2.75) is 20.1 Å². The Labute approximate surface area is 116 Å². The van der Waals surface area contributed by atoms with Gasteiger partial charge >= 0.3 is 0 Å². The van der Waals surface area contributed by atoms with Crippen molar-refractivity contribution in [1.29, 1.82) is 0 Å². The average Bonchev–Trinajstić information content (AvgIpc) is 2.80. The Bertz CT molecular complexity index is 675. The number of aliphatic hydroxyl groups excluding tert-OH is 1. The first-order valence-electron chi connectivity index (χ1n) is 6.78. The number of piperidine rings is 1. The van der Waals surface area contributed by atoms with E-state index >= 15 is 0 Å². The third-order valence-electron chi connectivity index (χ3n) is 4.92. The molecule has 3 heterocycles. The van der Waals surface area contributed by atoms with Crippen molar-refractivity contribution in [1.82, 2.24) is 19.3 Å². The number of fused-ring (bicyclic) bond motifs is 2. The van der Waals surface area contributed by atoms with Gasteiger partial charge in [0.05, 0.1) is 6.20 Å². The summed E-state index contributed by atoms with van der Waals surface area (Å²) in [7, 11) is 0. The van der Waals surface area contributed by atoms with Crippen LogP contribution < -0.4 is 0 Å². The van der Waals surface area contributed by atoms with Crippen LogP contribution in [0.25, 0.3) is 5.65 Å². The van der Waals surface area contributed by atoms with Gasteiger partial charge in [-0.2, -0.15) is 0 Å². The van der Waals surface area contributed by atoms with Gasteiger partial charge in [-0.25, -0.2) is 4.98 Å². The van der Waals surface area contributed by atoms with E-state index in [9.17, 15) is 9.90 Å². The van der Waals surface area contributed by atoms with Crippen LogP contribution in [0.15, 0.2) is 24.8 Å². The summed E-state index contributed by atoms with van der Waals surface area (Å²) < 4.78 is 1.76. The molecular formula is C14H16N4O2. The minimum atomic E-state index is -0.689. The number of hydrogen-bond donors (Lipinski definition) is 1. The molecule has 0 radical (unpaired) electrons. The molecule has 6 nitrogen and oxygen atoms in total. The molecule has 20 heavy (non-hydrogen) atoms. The quantitative estimate of drug-likeness (QED) is 0.832. The van der Waals surface area contributed by atoms with E-state index in [2.05, 4.69) is 23.8 Å². The highest BCUT2D eigenvalue weighted by Gasteiger charge is 2.67. The van der Waals surface area contributed by atoms with Gasteiger partial charge < -0.3 is 14.4 Å². The Morgan fingerprint density at radius 2 is 2.30 bits per heavy atom. The fraction of sp³-hybridized carbons (Fsp3) is 0.500. The highest BCUT2D eigenvalue weighted by Crippen LogP contribution is 2.64. The molecular weight excluding hydrogens is 256 g/mol. The second kappa shape index (κ2) is 3.58. The van der Waals surface area contributed by atoms with E-state index in [1.54, 1.807) is 29.2 Å². The largest absolute Gasteiger partial charge is 0.373 e. The van der Waals surface area contributed by atoms with Gasteiger partial charge in [-0.1, -0.05) is 13.8 Å². The minimum absolute atomic E-state index is 0.152. The zero-order valence-electron chi connectivity index (χ0n) is 11.4. The first-order valence-corrected chi connectivity index (χ1v) is 6.78. The lowest BCUT2D eigenvalue weighted by Crippen LogP contribution is -2.40. The van der Waals surface area contributed by atoms with Gasteiger partial charge in [-0.15, -0.1) is 0 Å². The van der Waals surface area contributed by atoms with Crippen LogP contribution in [0, 0.1) is 17.3 Å². The van der Waals surface area contributed by atoms with Crippen molar-refractivity contribution >= 4 is 11.6 Å². The van der Waals surface area contributed by atoms with E-state index in [4.69, 9.17) is 0 Å². The van der Waals surface area contributed by atoms with E-state index in [0.717, 1.165) is 0 Å². The summed E-state index contributed by atoms with van der Waals surface area (Å²) in [6, 6.07) is 0. The second-order valence-corrected chi connectivity index (χ2v) is 6.29. The maximum absolute atomic E-state index is 12.5. The molecule has 1 N–H and O–H groups in total. The minimum Gasteiger partial charge on any atom is -0.373 e. The molecule has 0 bridgehead atoms. The Kier molecular flexibility index (Phi) is 2.12. The smallest absolute Gasteiger partial charge is 0.276 e. The average molecular weight is 272 g/mol. The van der Waals surface area contributed by atoms with Crippen LogP contribution in [-0.2, 0) is 0 Å². The van der Waals surface area contributed by atoms with Crippen LogP contribution in [0.2, 0.25) is 0 Å². The lowest BCUT2D eigenvalue weighted by atomic mass is 10.1. The standard InChI is InChI=1S/C14H16N4O2/c1-14(2)8-6-18(13(20)11(8)14)12(19)9-7-17-4-3-15-5-10(17)16-9/h3-5,7-8,11,13,20H,6H2,1-2H3/t8-,11-,13+/m0/s1. The third kappa shape index (κ3) is 1.39. The summed E-state index contributed by atoms with van der Waals surface area (Å²) in [6.07, 6.45) is 6.00. The number of hydrogen-bond acceptors (Lipinski definition) is 4. The molecule has 1 amide bonds. The Morgan fingerprint density at radius 1 is 1.50 bits per heavy atom. The topological polar surface area (TPSA) is 70.7 Å². The van der Waals surface area contributed by atoms with Crippen molar-refractivity contribution in [2.24, 2.45) is 17.3 Å². The van der Waals surface area contributed by atoms with Crippen LogP contribution in [-0.4, -0.2) is 43.1 Å². The van der Waals surface area contributed by atoms with E-state index in [1.807, 2.05) is 0 Å². The van der Waals surface area contributed by atoms with Gasteiger partial charge in [0.25, 0.3) is 5.91 Å². The first kappa shape index (κ1) is 11.8. The molecule has 6 heteroatoms. The highest BCUT2D eigenvalue weighted by molar-refractivity contribution is 5.93. The molecule has 1 aliphatic heterocycles. The van der Waals surface area contributed by atoms with E-state index < -0.39 is 6.23 Å². The van der Waals surface area contributed by atoms with E-state index in [0.29, 0.717) is 23.8 Å². The van der Waals surface area contributed by atoms with Crippen LogP contribution >= 0.6 is 0 Å². The fourth-order valence-corrected chi connectivity index (χ4v) is 3.54. The summed E-state index contributed by atoms with van der Waals surface area (Å²) in [6.45, 7) is 4.90. The SMILES string of the molecule is CC1(C)[C@@H]2[C@@H](O)N(C(=O)c3cn4ccncc4n3)C[C@@H]21. The van der Waals surface area contributed by atoms with Crippen LogP contribution in [0.4, 0.5) is 0 Å². The van der Waals surface area contributed by atoms with E-state index in [1.165, 1.54) is 4.90 Å². The van der Waals surface area contributed by atoms with Crippen LogP contribution in [0.3, 0.4) is 0 Å². The molecule has 2 aromatic rings. The predicted octanol–water partition coefficient (Wildman–Crippen LogP) is 0.776. The number of aliphatic hydroxyl groups is 1. The number of amides is 1. The first-order chi connectivity index (χ1) is 9.50. The van der Waals surface area contributed by atoms with Gasteiger partial charge in [-0.05, 0) is 11.3 Å². The summed E-state index contributed by atoms with van der Waals surface area (Å²) in [5.74, 6) is 0.398. The molecule has 1 saturated heterocycles. The summed E-state index contributed by atoms with van der Waals surface area (Å²) in [4.78, 5) is 22.3. The Morgan fingerprint density at radius 3 is 2.95 bits per heavy atom. The van der Waals surface area contributed by atoms with Gasteiger partial charge in [0, 0.05) is 31.1 Å². The summed E-state index contributed by atoms with van der Waals surface area (Å²) in [5, 5.41) is 10.3. The summed E-state index contributed by atoms with van der Waals surface area (Å²) >= 11 is 0. The van der Waals surface area contributed by atoms with Gasteiger partial charge in [0.15, 0.2) is 5.65 Å². The molecule has 2 fully saturated rings. The maximum atomic E-state index is 12.5. The molecule has 4 rings (SSSR count). The van der Waals surface area contributed by atoms with Crippen molar-refractivity contribution < 1.29 is 9.90 Å². The van der Waals surface area contributed by atoms with Crippen molar-refractivity contribution in [3.8, 4) is 0 Å². The molecule has 0 aromatic carbocycles. The lowest BCUT2D eigenvalue weighted by Gasteiger charge is -2.26. The monoisotopic (exact) mass is 272 g/mol. The molecule has 0 unspecified atom stereocenters. The van der Waals surface area contributed by atoms with Crippen molar-refractivity contribution in [2.75, 3.05) is 6.54 Å². The Hall–Kier alpha value is -1.95. The number of rotatable bonds is 1. The fourth-order valence-electron chi connectivity index (χ4n) is 3.54. The molecule has 3 atom stereocenters. The zero-order chi connectivity index (χ0) is 14.1. The lowest BCUT2D eigenvalue weighted by molar-refractivity contribution is 0.00346. The molecule has 1 saturated carbocycles. The maximum Gasteiger partial charge on any atom is 0.276 e. The molecule has 104 valence electrons. The zero-order valence-corrected chi connectivity index (χ0v) is 11.4. The van der Waals surface area contributed by atoms with Crippen LogP contribution in [0.5, 0.6) is 0 Å². The summed E-state index contributed by atoms with van der Waals surface area (Å²) in [5.41, 5.74) is 1.14. The Balaban J connectivity index is 1.62. The third-order valence-corrected chi connectivity index (χ3v) is 4.92. The molecule has 1 aliphatic carbocycles. The molecule has 2 aromatic heterocycles. The number of imidazole rings is 1. The number of aromatic nitrogens is 3. The highest BCUT2D eigenvalue weighted by atomic mass is 16.3. The van der Waals surface area contributed by atoms with Crippen molar-refractivity contribution in [3.63, 3.8) is 0 Å². The number of nitrogens with zero attached hydrogens (tertiary/aromatic N) is 4. The molecule has 0 spiro atoms. The normalized spacial score (nSPS) is 30.6.